The molecule has 33 heavy (non-hydrogen) atoms. The lowest BCUT2D eigenvalue weighted by atomic mass is 9.95. The predicted octanol–water partition coefficient (Wildman–Crippen LogP) is 5.16. The highest BCUT2D eigenvalue weighted by Crippen LogP contribution is 2.42. The normalized spacial score (nSPS) is 17.5. The van der Waals surface area contributed by atoms with Crippen molar-refractivity contribution in [3.05, 3.63) is 99.1 Å². The Morgan fingerprint density at radius 1 is 1.15 bits per heavy atom. The van der Waals surface area contributed by atoms with Crippen molar-refractivity contribution in [3.63, 3.8) is 0 Å². The summed E-state index contributed by atoms with van der Waals surface area (Å²) >= 11 is 12.3. The van der Waals surface area contributed by atoms with Crippen molar-refractivity contribution in [3.8, 4) is 5.75 Å². The number of hydrogen-bond donors (Lipinski definition) is 1. The zero-order valence-electron chi connectivity index (χ0n) is 17.3. The van der Waals surface area contributed by atoms with Gasteiger partial charge in [0.05, 0.1) is 34.3 Å². The molecule has 1 unspecified atom stereocenters. The molecular weight excluding hydrogens is 470 g/mol. The van der Waals surface area contributed by atoms with Gasteiger partial charge in [-0.15, -0.1) is 0 Å². The molecule has 1 aromatic heterocycles. The number of amides is 1. The summed E-state index contributed by atoms with van der Waals surface area (Å²) in [6, 6.07) is 10.6. The number of likely N-dealkylation sites (tertiary alicyclic amines) is 1. The number of ether oxygens (including phenoxy) is 1. The van der Waals surface area contributed by atoms with Gasteiger partial charge in [0.15, 0.2) is 0 Å². The summed E-state index contributed by atoms with van der Waals surface area (Å²) in [4.78, 5) is 31.5. The number of ketones is 1. The number of aliphatic hydroxyl groups is 1. The molecular formula is C24H17Cl2FN2O4. The van der Waals surface area contributed by atoms with Crippen LogP contribution in [0.2, 0.25) is 10.0 Å². The summed E-state index contributed by atoms with van der Waals surface area (Å²) in [5.74, 6) is -2.81. The molecule has 3 aromatic rings. The minimum Gasteiger partial charge on any atom is -0.507 e. The molecule has 1 saturated heterocycles. The number of carbonyl (C=O) groups excluding carboxylic acids is 2. The van der Waals surface area contributed by atoms with Crippen molar-refractivity contribution in [1.29, 1.82) is 0 Å². The Morgan fingerprint density at radius 3 is 2.61 bits per heavy atom. The maximum atomic E-state index is 14.0. The van der Waals surface area contributed by atoms with Crippen LogP contribution in [0.4, 0.5) is 4.39 Å². The summed E-state index contributed by atoms with van der Waals surface area (Å²) in [5, 5.41) is 11.6. The van der Waals surface area contributed by atoms with E-state index in [0.29, 0.717) is 11.1 Å². The van der Waals surface area contributed by atoms with Crippen LogP contribution in [-0.4, -0.2) is 33.8 Å². The number of nitrogens with zero attached hydrogens (tertiary/aromatic N) is 2. The van der Waals surface area contributed by atoms with E-state index in [1.807, 2.05) is 0 Å². The minimum absolute atomic E-state index is 0.0421. The predicted molar refractivity (Wildman–Crippen MR) is 121 cm³/mol. The van der Waals surface area contributed by atoms with Crippen LogP contribution in [0.25, 0.3) is 5.76 Å². The van der Waals surface area contributed by atoms with E-state index in [-0.39, 0.29) is 33.5 Å². The first kappa shape index (κ1) is 22.8. The van der Waals surface area contributed by atoms with Crippen molar-refractivity contribution in [1.82, 2.24) is 9.88 Å². The Bertz CT molecular complexity index is 1280. The third kappa shape index (κ3) is 4.29. The van der Waals surface area contributed by atoms with E-state index < -0.39 is 29.3 Å². The molecule has 0 radical (unpaired) electrons. The van der Waals surface area contributed by atoms with Gasteiger partial charge >= 0.3 is 0 Å². The van der Waals surface area contributed by atoms with Gasteiger partial charge in [-0.1, -0.05) is 35.3 Å². The summed E-state index contributed by atoms with van der Waals surface area (Å²) in [5.41, 5.74) is 0.852. The van der Waals surface area contributed by atoms with E-state index in [1.165, 1.54) is 30.2 Å². The number of rotatable bonds is 5. The number of carbonyl (C=O) groups is 2. The van der Waals surface area contributed by atoms with E-state index in [1.54, 1.807) is 30.6 Å². The van der Waals surface area contributed by atoms with Crippen molar-refractivity contribution < 1.29 is 23.8 Å². The number of benzene rings is 2. The molecule has 0 aliphatic carbocycles. The molecule has 0 spiro atoms. The van der Waals surface area contributed by atoms with Crippen LogP contribution in [0.3, 0.4) is 0 Å². The average Bonchev–Trinajstić information content (AvgIpc) is 3.06. The molecule has 2 aromatic carbocycles. The van der Waals surface area contributed by atoms with Gasteiger partial charge in [0, 0.05) is 18.9 Å². The van der Waals surface area contributed by atoms with Gasteiger partial charge in [0.2, 0.25) is 0 Å². The Hall–Kier alpha value is -3.42. The fraction of sp³-hybridized carbons (Fsp3) is 0.125. The topological polar surface area (TPSA) is 79.7 Å². The van der Waals surface area contributed by atoms with Crippen molar-refractivity contribution >= 4 is 40.7 Å². The molecule has 9 heteroatoms. The van der Waals surface area contributed by atoms with Crippen molar-refractivity contribution in [2.75, 3.05) is 7.11 Å². The highest BCUT2D eigenvalue weighted by Gasteiger charge is 2.46. The van der Waals surface area contributed by atoms with Crippen LogP contribution < -0.4 is 4.74 Å². The van der Waals surface area contributed by atoms with Crippen molar-refractivity contribution in [2.24, 2.45) is 0 Å². The maximum Gasteiger partial charge on any atom is 0.295 e. The highest BCUT2D eigenvalue weighted by atomic mass is 35.5. The van der Waals surface area contributed by atoms with Gasteiger partial charge in [0.25, 0.3) is 11.7 Å². The Labute approximate surface area is 198 Å². The zero-order chi connectivity index (χ0) is 23.7. The largest absolute Gasteiger partial charge is 0.507 e. The Kier molecular flexibility index (Phi) is 6.35. The second-order valence-electron chi connectivity index (χ2n) is 7.31. The molecule has 1 atom stereocenters. The van der Waals surface area contributed by atoms with E-state index >= 15 is 0 Å². The average molecular weight is 487 g/mol. The fourth-order valence-electron chi connectivity index (χ4n) is 3.77. The molecule has 0 saturated carbocycles. The molecule has 1 fully saturated rings. The van der Waals surface area contributed by atoms with Gasteiger partial charge in [-0.05, 0) is 47.5 Å². The van der Waals surface area contributed by atoms with Gasteiger partial charge in [-0.2, -0.15) is 0 Å². The van der Waals surface area contributed by atoms with Crippen LogP contribution in [0.15, 0.2) is 66.5 Å². The van der Waals surface area contributed by atoms with Gasteiger partial charge in [-0.25, -0.2) is 4.39 Å². The number of Topliss-reactive ketones (excluding diaryl/α,β-unsaturated/α-hetero) is 1. The second-order valence-corrected chi connectivity index (χ2v) is 8.12. The van der Waals surface area contributed by atoms with E-state index in [0.717, 1.165) is 12.1 Å². The first-order valence-electron chi connectivity index (χ1n) is 9.78. The summed E-state index contributed by atoms with van der Waals surface area (Å²) in [7, 11) is 1.35. The smallest absolute Gasteiger partial charge is 0.295 e. The number of pyridine rings is 1. The molecule has 2 heterocycles. The first-order valence-corrected chi connectivity index (χ1v) is 10.5. The molecule has 6 nitrogen and oxygen atoms in total. The maximum absolute atomic E-state index is 14.0. The molecule has 0 bridgehead atoms. The van der Waals surface area contributed by atoms with Crippen LogP contribution >= 0.6 is 23.2 Å². The third-order valence-corrected chi connectivity index (χ3v) is 6.03. The van der Waals surface area contributed by atoms with Crippen LogP contribution in [0.1, 0.15) is 22.7 Å². The van der Waals surface area contributed by atoms with E-state index in [4.69, 9.17) is 27.9 Å². The van der Waals surface area contributed by atoms with Crippen molar-refractivity contribution in [2.45, 2.75) is 12.6 Å². The lowest BCUT2D eigenvalue weighted by Gasteiger charge is -2.25. The molecule has 4 rings (SSSR count). The first-order chi connectivity index (χ1) is 15.8. The van der Waals surface area contributed by atoms with Crippen LogP contribution in [0, 0.1) is 5.82 Å². The SMILES string of the molecule is COc1ccc(F)cc1/C(O)=C1\C(=O)C(=O)N(Cc2cccnc2)C1c1ccc(Cl)c(Cl)c1. The quantitative estimate of drug-likeness (QED) is 0.306. The van der Waals surface area contributed by atoms with E-state index in [9.17, 15) is 19.1 Å². The molecule has 1 aliphatic rings. The zero-order valence-corrected chi connectivity index (χ0v) is 18.8. The van der Waals surface area contributed by atoms with Gasteiger partial charge in [0.1, 0.15) is 17.3 Å². The molecule has 1 N–H and O–H groups in total. The van der Waals surface area contributed by atoms with Crippen LogP contribution in [0.5, 0.6) is 5.75 Å². The minimum atomic E-state index is -1.01. The monoisotopic (exact) mass is 486 g/mol. The number of methoxy groups -OCH3 is 1. The standard InChI is InChI=1S/C24H17Cl2FN2O4/c1-33-19-7-5-15(27)10-16(19)22(30)20-21(14-4-6-17(25)18(26)9-14)29(24(32)23(20)31)12-13-3-2-8-28-11-13/h2-11,21,30H,12H2,1H3/b22-20+. The second kappa shape index (κ2) is 9.21. The number of aromatic nitrogens is 1. The third-order valence-electron chi connectivity index (χ3n) is 5.29. The number of halogens is 3. The summed E-state index contributed by atoms with van der Waals surface area (Å²) < 4.78 is 19.2. The Balaban J connectivity index is 1.93. The van der Waals surface area contributed by atoms with E-state index in [2.05, 4.69) is 4.98 Å². The molecule has 1 amide bonds. The lowest BCUT2D eigenvalue weighted by molar-refractivity contribution is -0.140. The Morgan fingerprint density at radius 2 is 1.94 bits per heavy atom. The highest BCUT2D eigenvalue weighted by molar-refractivity contribution is 6.46. The summed E-state index contributed by atoms with van der Waals surface area (Å²) in [6.45, 7) is 0.0421. The number of hydrogen-bond acceptors (Lipinski definition) is 5. The van der Waals surface area contributed by atoms with Gasteiger partial charge in [-0.3, -0.25) is 14.6 Å². The van der Waals surface area contributed by atoms with Gasteiger partial charge < -0.3 is 14.7 Å². The summed E-state index contributed by atoms with van der Waals surface area (Å²) in [6.07, 6.45) is 3.16. The van der Waals surface area contributed by atoms with Crippen LogP contribution in [-0.2, 0) is 16.1 Å². The fourth-order valence-corrected chi connectivity index (χ4v) is 4.08. The molecule has 1 aliphatic heterocycles. The number of aliphatic hydroxyl groups excluding tert-OH is 1. The lowest BCUT2D eigenvalue weighted by Crippen LogP contribution is -2.29. The molecule has 168 valence electrons.